The molecule has 2 atom stereocenters. The van der Waals surface area contributed by atoms with Gasteiger partial charge in [0.2, 0.25) is 0 Å². The van der Waals surface area contributed by atoms with Crippen molar-refractivity contribution >= 4 is 31.7 Å². The molecule has 1 fully saturated rings. The van der Waals surface area contributed by atoms with E-state index in [1.165, 1.54) is 16.3 Å². The van der Waals surface area contributed by atoms with Gasteiger partial charge in [-0.05, 0) is 47.7 Å². The molecule has 4 rings (SSSR count). The van der Waals surface area contributed by atoms with E-state index in [1.54, 1.807) is 0 Å². The zero-order valence-electron chi connectivity index (χ0n) is 16.4. The van der Waals surface area contributed by atoms with Gasteiger partial charge >= 0.3 is 5.97 Å². The molecular weight excluding hydrogens is 379 g/mol. The topological polar surface area (TPSA) is 52.6 Å². The summed E-state index contributed by atoms with van der Waals surface area (Å²) >= 11 is 0. The molecule has 29 heavy (non-hydrogen) atoms. The van der Waals surface area contributed by atoms with E-state index in [-0.39, 0.29) is 5.78 Å². The summed E-state index contributed by atoms with van der Waals surface area (Å²) in [6, 6.07) is 24.6. The van der Waals surface area contributed by atoms with Crippen molar-refractivity contribution in [2.45, 2.75) is 30.6 Å². The fourth-order valence-corrected chi connectivity index (χ4v) is 4.80. The van der Waals surface area contributed by atoms with E-state index >= 15 is 0 Å². The van der Waals surface area contributed by atoms with Crippen molar-refractivity contribution < 1.29 is 9.90 Å². The van der Waals surface area contributed by atoms with Crippen molar-refractivity contribution in [2.24, 2.45) is 0 Å². The highest BCUT2D eigenvalue weighted by molar-refractivity contribution is 7.17. The molecule has 0 spiro atoms. The lowest BCUT2D eigenvalue weighted by Crippen LogP contribution is -2.55. The largest absolute Gasteiger partial charge is 0.480 e. The molecule has 150 valence electrons. The van der Waals surface area contributed by atoms with Crippen molar-refractivity contribution in [3.8, 4) is 0 Å². The predicted octanol–water partition coefficient (Wildman–Crippen LogP) is 4.61. The SMILES string of the molecule is O=C(O)C1(Nc2ccccc2)CCN(C(P)Cc2cccc3ccccc23)CC1. The molecule has 2 N–H and O–H groups in total. The van der Waals surface area contributed by atoms with Crippen LogP contribution in [0.5, 0.6) is 0 Å². The lowest BCUT2D eigenvalue weighted by Gasteiger charge is -2.42. The van der Waals surface area contributed by atoms with Crippen LogP contribution in [0.15, 0.2) is 72.8 Å². The molecular formula is C24H27N2O2P. The Morgan fingerprint density at radius 3 is 2.38 bits per heavy atom. The lowest BCUT2D eigenvalue weighted by atomic mass is 9.87. The molecule has 1 heterocycles. The Bertz CT molecular complexity index is 979. The minimum absolute atomic E-state index is 0.282. The Balaban J connectivity index is 1.44. The monoisotopic (exact) mass is 406 g/mol. The molecule has 4 nitrogen and oxygen atoms in total. The normalized spacial score (nSPS) is 17.7. The van der Waals surface area contributed by atoms with Crippen LogP contribution in [0.3, 0.4) is 0 Å². The van der Waals surface area contributed by atoms with Crippen LogP contribution in [0, 0.1) is 0 Å². The van der Waals surface area contributed by atoms with Crippen molar-refractivity contribution in [1.82, 2.24) is 4.90 Å². The van der Waals surface area contributed by atoms with E-state index < -0.39 is 11.5 Å². The molecule has 1 saturated heterocycles. The summed E-state index contributed by atoms with van der Waals surface area (Å²) < 4.78 is 0. The molecule has 0 bridgehead atoms. The second kappa shape index (κ2) is 8.52. The lowest BCUT2D eigenvalue weighted by molar-refractivity contribution is -0.144. The predicted molar refractivity (Wildman–Crippen MR) is 122 cm³/mol. The van der Waals surface area contributed by atoms with E-state index in [9.17, 15) is 9.90 Å². The molecule has 2 unspecified atom stereocenters. The maximum atomic E-state index is 12.1. The number of benzene rings is 3. The summed E-state index contributed by atoms with van der Waals surface area (Å²) in [5, 5.41) is 15.8. The first kappa shape index (κ1) is 19.9. The van der Waals surface area contributed by atoms with Crippen molar-refractivity contribution in [2.75, 3.05) is 18.4 Å². The van der Waals surface area contributed by atoms with Gasteiger partial charge in [-0.3, -0.25) is 4.90 Å². The standard InChI is InChI=1S/C24H27N2O2P/c27-23(28)24(25-20-10-2-1-3-11-20)13-15-26(16-14-24)22(29)17-19-9-6-8-18-7-4-5-12-21(18)19/h1-12,22,25H,13-17,29H2,(H,27,28). The molecule has 0 aromatic heterocycles. The third kappa shape index (κ3) is 4.29. The number of likely N-dealkylation sites (tertiary alicyclic amines) is 1. The molecule has 1 aliphatic rings. The van der Waals surface area contributed by atoms with Gasteiger partial charge in [0, 0.05) is 24.6 Å². The molecule has 5 heteroatoms. The Labute approximate surface area is 174 Å². The quantitative estimate of drug-likeness (QED) is 0.587. The van der Waals surface area contributed by atoms with Crippen LogP contribution < -0.4 is 5.32 Å². The summed E-state index contributed by atoms with van der Waals surface area (Å²) in [6.07, 6.45) is 2.09. The first-order valence-corrected chi connectivity index (χ1v) is 10.8. The minimum atomic E-state index is -0.901. The molecule has 0 amide bonds. The van der Waals surface area contributed by atoms with E-state index in [4.69, 9.17) is 0 Å². The molecule has 3 aromatic carbocycles. The summed E-state index contributed by atoms with van der Waals surface area (Å²) in [4.78, 5) is 14.5. The number of fused-ring (bicyclic) bond motifs is 1. The third-order valence-corrected chi connectivity index (χ3v) is 6.65. The van der Waals surface area contributed by atoms with Crippen LogP contribution in [0.4, 0.5) is 5.69 Å². The first-order valence-electron chi connectivity index (χ1n) is 10.1. The average Bonchev–Trinajstić information content (AvgIpc) is 2.75. The van der Waals surface area contributed by atoms with Crippen molar-refractivity contribution in [1.29, 1.82) is 0 Å². The van der Waals surface area contributed by atoms with Crippen molar-refractivity contribution in [3.05, 3.63) is 78.4 Å². The van der Waals surface area contributed by atoms with Gasteiger partial charge in [0.25, 0.3) is 0 Å². The second-order valence-corrected chi connectivity index (χ2v) is 8.59. The Morgan fingerprint density at radius 2 is 1.66 bits per heavy atom. The van der Waals surface area contributed by atoms with E-state index in [1.807, 2.05) is 30.3 Å². The first-order chi connectivity index (χ1) is 14.1. The van der Waals surface area contributed by atoms with E-state index in [2.05, 4.69) is 61.9 Å². The van der Waals surface area contributed by atoms with Crippen LogP contribution in [0.25, 0.3) is 10.8 Å². The number of hydrogen-bond donors (Lipinski definition) is 2. The highest BCUT2D eigenvalue weighted by Gasteiger charge is 2.42. The molecule has 0 radical (unpaired) electrons. The number of carboxylic acid groups (broad SMARTS) is 1. The highest BCUT2D eigenvalue weighted by Crippen LogP contribution is 2.31. The molecule has 1 aliphatic heterocycles. The molecule has 3 aromatic rings. The number of hydrogen-bond acceptors (Lipinski definition) is 3. The maximum Gasteiger partial charge on any atom is 0.329 e. The average molecular weight is 406 g/mol. The summed E-state index contributed by atoms with van der Waals surface area (Å²) in [5.74, 6) is -0.486. The van der Waals surface area contributed by atoms with Crippen LogP contribution in [0.1, 0.15) is 18.4 Å². The van der Waals surface area contributed by atoms with E-state index in [0.717, 1.165) is 25.2 Å². The number of anilines is 1. The van der Waals surface area contributed by atoms with Crippen molar-refractivity contribution in [3.63, 3.8) is 0 Å². The zero-order chi connectivity index (χ0) is 20.3. The molecule has 0 saturated carbocycles. The number of piperidine rings is 1. The van der Waals surface area contributed by atoms with Crippen LogP contribution >= 0.6 is 9.24 Å². The highest BCUT2D eigenvalue weighted by atomic mass is 31.0. The van der Waals surface area contributed by atoms with Gasteiger partial charge in [0.05, 0.1) is 0 Å². The number of aliphatic carboxylic acids is 1. The zero-order valence-corrected chi connectivity index (χ0v) is 17.6. The summed E-state index contributed by atoms with van der Waals surface area (Å²) in [6.45, 7) is 1.51. The fraction of sp³-hybridized carbons (Fsp3) is 0.292. The van der Waals surface area contributed by atoms with Crippen LogP contribution in [0.2, 0.25) is 0 Å². The van der Waals surface area contributed by atoms with Gasteiger partial charge in [-0.2, -0.15) is 0 Å². The van der Waals surface area contributed by atoms with Gasteiger partial charge in [-0.15, -0.1) is 9.24 Å². The maximum absolute atomic E-state index is 12.1. The van der Waals surface area contributed by atoms with Gasteiger partial charge < -0.3 is 10.4 Å². The fourth-order valence-electron chi connectivity index (χ4n) is 4.25. The number of carbonyl (C=O) groups is 1. The number of carboxylic acids is 1. The number of para-hydroxylation sites is 1. The number of rotatable bonds is 6. The van der Waals surface area contributed by atoms with Crippen LogP contribution in [-0.2, 0) is 11.2 Å². The third-order valence-electron chi connectivity index (χ3n) is 6.00. The summed E-state index contributed by atoms with van der Waals surface area (Å²) in [7, 11) is 2.97. The Hall–Kier alpha value is -2.42. The minimum Gasteiger partial charge on any atom is -0.480 e. The van der Waals surface area contributed by atoms with Gasteiger partial charge in [0.15, 0.2) is 0 Å². The summed E-state index contributed by atoms with van der Waals surface area (Å²) in [5.41, 5.74) is 1.30. The Kier molecular flexibility index (Phi) is 5.84. The van der Waals surface area contributed by atoms with Gasteiger partial charge in [-0.25, -0.2) is 4.79 Å². The van der Waals surface area contributed by atoms with Gasteiger partial charge in [-0.1, -0.05) is 60.7 Å². The Morgan fingerprint density at radius 1 is 1.00 bits per heavy atom. The molecule has 0 aliphatic carbocycles. The number of nitrogens with zero attached hydrogens (tertiary/aromatic N) is 1. The number of nitrogens with one attached hydrogen (secondary N) is 1. The van der Waals surface area contributed by atoms with E-state index in [0.29, 0.717) is 12.8 Å². The van der Waals surface area contributed by atoms with Gasteiger partial charge in [0.1, 0.15) is 5.54 Å². The second-order valence-electron chi connectivity index (χ2n) is 7.82. The van der Waals surface area contributed by atoms with Crippen LogP contribution in [-0.4, -0.2) is 40.4 Å². The smallest absolute Gasteiger partial charge is 0.329 e.